The summed E-state index contributed by atoms with van der Waals surface area (Å²) in [5.74, 6) is 0.218. The third kappa shape index (κ3) is 1.77. The van der Waals surface area contributed by atoms with Crippen LogP contribution in [0.15, 0.2) is 0 Å². The predicted octanol–water partition coefficient (Wildman–Crippen LogP) is -0.326. The average Bonchev–Trinajstić information content (AvgIpc) is 2.96. The van der Waals surface area contributed by atoms with E-state index in [1.807, 2.05) is 11.9 Å². The molecule has 1 heterocycles. The molecule has 2 fully saturated rings. The van der Waals surface area contributed by atoms with E-state index in [1.165, 1.54) is 12.8 Å². The molecule has 0 spiro atoms. The van der Waals surface area contributed by atoms with Gasteiger partial charge >= 0.3 is 0 Å². The van der Waals surface area contributed by atoms with Crippen LogP contribution in [0, 0.1) is 0 Å². The van der Waals surface area contributed by atoms with Gasteiger partial charge in [-0.25, -0.2) is 0 Å². The van der Waals surface area contributed by atoms with Crippen LogP contribution >= 0.6 is 0 Å². The van der Waals surface area contributed by atoms with Crippen LogP contribution in [0.25, 0.3) is 0 Å². The number of carbonyl (C=O) groups is 1. The number of piperazine rings is 1. The number of amides is 1. The van der Waals surface area contributed by atoms with Crippen molar-refractivity contribution < 1.29 is 9.90 Å². The summed E-state index contributed by atoms with van der Waals surface area (Å²) < 4.78 is 0. The van der Waals surface area contributed by atoms with Crippen molar-refractivity contribution in [2.75, 3.05) is 26.7 Å². The molecule has 1 aliphatic carbocycles. The van der Waals surface area contributed by atoms with Crippen molar-refractivity contribution in [3.05, 3.63) is 0 Å². The van der Waals surface area contributed by atoms with E-state index in [-0.39, 0.29) is 18.6 Å². The lowest BCUT2D eigenvalue weighted by Gasteiger charge is -2.38. The number of nitrogens with zero attached hydrogens (tertiary/aromatic N) is 2. The Morgan fingerprint density at radius 1 is 1.43 bits per heavy atom. The maximum atomic E-state index is 12.0. The lowest BCUT2D eigenvalue weighted by atomic mass is 10.1. The van der Waals surface area contributed by atoms with Crippen LogP contribution in [-0.4, -0.2) is 59.6 Å². The van der Waals surface area contributed by atoms with Gasteiger partial charge in [-0.15, -0.1) is 0 Å². The van der Waals surface area contributed by atoms with Crippen molar-refractivity contribution in [3.63, 3.8) is 0 Å². The van der Waals surface area contributed by atoms with E-state index >= 15 is 0 Å². The maximum absolute atomic E-state index is 12.0. The summed E-state index contributed by atoms with van der Waals surface area (Å²) in [6, 6.07) is 0.423. The minimum absolute atomic E-state index is 0.0886. The van der Waals surface area contributed by atoms with Gasteiger partial charge in [-0.2, -0.15) is 0 Å². The molecule has 1 unspecified atom stereocenters. The lowest BCUT2D eigenvalue weighted by molar-refractivity contribution is -0.142. The molecule has 2 rings (SSSR count). The second kappa shape index (κ2) is 3.87. The molecule has 1 aliphatic heterocycles. The van der Waals surface area contributed by atoms with Gasteiger partial charge in [0.05, 0.1) is 6.04 Å². The van der Waals surface area contributed by atoms with Crippen LogP contribution in [0.3, 0.4) is 0 Å². The quantitative estimate of drug-likeness (QED) is 0.675. The van der Waals surface area contributed by atoms with Crippen LogP contribution < -0.4 is 0 Å². The Kier molecular flexibility index (Phi) is 2.74. The normalized spacial score (nSPS) is 29.7. The standard InChI is InChI=1S/C10H18N2O2/c1-11-5-6-12(8-2-3-8)10(14)9(11)4-7-13/h8-9,13H,2-7H2,1H3. The number of aliphatic hydroxyl groups is 1. The molecule has 1 atom stereocenters. The van der Waals surface area contributed by atoms with Crippen LogP contribution in [0.2, 0.25) is 0 Å². The predicted molar refractivity (Wildman–Crippen MR) is 52.9 cm³/mol. The Morgan fingerprint density at radius 2 is 2.14 bits per heavy atom. The van der Waals surface area contributed by atoms with Gasteiger partial charge in [0.2, 0.25) is 5.91 Å². The van der Waals surface area contributed by atoms with Gasteiger partial charge < -0.3 is 10.0 Å². The lowest BCUT2D eigenvalue weighted by Crippen LogP contribution is -2.56. The molecular formula is C10H18N2O2. The van der Waals surface area contributed by atoms with Crippen molar-refractivity contribution in [2.45, 2.75) is 31.3 Å². The van der Waals surface area contributed by atoms with Crippen LogP contribution in [0.4, 0.5) is 0 Å². The summed E-state index contributed by atoms with van der Waals surface area (Å²) in [5, 5.41) is 8.90. The average molecular weight is 198 g/mol. The SMILES string of the molecule is CN1CCN(C2CC2)C(=O)C1CCO. The van der Waals surface area contributed by atoms with Crippen molar-refractivity contribution >= 4 is 5.91 Å². The second-order valence-corrected chi connectivity index (χ2v) is 4.27. The Balaban J connectivity index is 2.01. The molecule has 4 nitrogen and oxygen atoms in total. The van der Waals surface area contributed by atoms with Gasteiger partial charge in [-0.3, -0.25) is 9.69 Å². The van der Waals surface area contributed by atoms with Gasteiger partial charge in [-0.1, -0.05) is 0 Å². The second-order valence-electron chi connectivity index (χ2n) is 4.27. The fraction of sp³-hybridized carbons (Fsp3) is 0.900. The van der Waals surface area contributed by atoms with Crippen LogP contribution in [-0.2, 0) is 4.79 Å². The molecule has 1 N–H and O–H groups in total. The van der Waals surface area contributed by atoms with E-state index in [0.29, 0.717) is 12.5 Å². The zero-order valence-electron chi connectivity index (χ0n) is 8.65. The van der Waals surface area contributed by atoms with E-state index in [4.69, 9.17) is 5.11 Å². The maximum Gasteiger partial charge on any atom is 0.240 e. The number of rotatable bonds is 3. The first-order valence-electron chi connectivity index (χ1n) is 5.35. The topological polar surface area (TPSA) is 43.8 Å². The molecule has 0 aromatic heterocycles. The molecule has 14 heavy (non-hydrogen) atoms. The first-order valence-corrected chi connectivity index (χ1v) is 5.35. The fourth-order valence-electron chi connectivity index (χ4n) is 2.13. The molecule has 1 saturated carbocycles. The van der Waals surface area contributed by atoms with Crippen LogP contribution in [0.5, 0.6) is 0 Å². The molecule has 1 amide bonds. The molecule has 0 bridgehead atoms. The third-order valence-electron chi connectivity index (χ3n) is 3.18. The molecule has 0 aromatic rings. The van der Waals surface area contributed by atoms with Gasteiger partial charge in [0.1, 0.15) is 0 Å². The first-order chi connectivity index (χ1) is 6.74. The van der Waals surface area contributed by atoms with Crippen molar-refractivity contribution in [3.8, 4) is 0 Å². The zero-order valence-corrected chi connectivity index (χ0v) is 8.65. The highest BCUT2D eigenvalue weighted by atomic mass is 16.3. The van der Waals surface area contributed by atoms with E-state index in [0.717, 1.165) is 13.1 Å². The summed E-state index contributed by atoms with van der Waals surface area (Å²) >= 11 is 0. The largest absolute Gasteiger partial charge is 0.396 e. The van der Waals surface area contributed by atoms with E-state index in [2.05, 4.69) is 4.90 Å². The highest BCUT2D eigenvalue weighted by molar-refractivity contribution is 5.83. The number of aliphatic hydroxyl groups excluding tert-OH is 1. The van der Waals surface area contributed by atoms with Crippen molar-refractivity contribution in [1.29, 1.82) is 0 Å². The molecule has 1 saturated heterocycles. The molecular weight excluding hydrogens is 180 g/mol. The zero-order chi connectivity index (χ0) is 10.1. The molecule has 0 aromatic carbocycles. The molecule has 4 heteroatoms. The van der Waals surface area contributed by atoms with Crippen molar-refractivity contribution in [2.24, 2.45) is 0 Å². The summed E-state index contributed by atoms with van der Waals surface area (Å²) in [6.45, 7) is 1.90. The van der Waals surface area contributed by atoms with E-state index in [1.54, 1.807) is 0 Å². The van der Waals surface area contributed by atoms with Crippen LogP contribution in [0.1, 0.15) is 19.3 Å². The molecule has 2 aliphatic rings. The number of hydrogen-bond acceptors (Lipinski definition) is 3. The van der Waals surface area contributed by atoms with Gasteiger partial charge in [0, 0.05) is 25.7 Å². The molecule has 80 valence electrons. The molecule has 0 radical (unpaired) electrons. The van der Waals surface area contributed by atoms with Crippen molar-refractivity contribution in [1.82, 2.24) is 9.80 Å². The van der Waals surface area contributed by atoms with E-state index < -0.39 is 0 Å². The highest BCUT2D eigenvalue weighted by Gasteiger charge is 2.39. The summed E-state index contributed by atoms with van der Waals surface area (Å²) in [4.78, 5) is 16.0. The number of hydrogen-bond donors (Lipinski definition) is 1. The van der Waals surface area contributed by atoms with Gasteiger partial charge in [0.15, 0.2) is 0 Å². The monoisotopic (exact) mass is 198 g/mol. The first kappa shape index (κ1) is 9.93. The Bertz CT molecular complexity index is 228. The smallest absolute Gasteiger partial charge is 0.240 e. The van der Waals surface area contributed by atoms with Gasteiger partial charge in [-0.05, 0) is 26.3 Å². The third-order valence-corrected chi connectivity index (χ3v) is 3.18. The highest BCUT2D eigenvalue weighted by Crippen LogP contribution is 2.29. The minimum atomic E-state index is -0.0886. The summed E-state index contributed by atoms with van der Waals surface area (Å²) in [6.07, 6.45) is 2.90. The fourth-order valence-corrected chi connectivity index (χ4v) is 2.13. The Labute approximate surface area is 84.5 Å². The Morgan fingerprint density at radius 3 is 2.71 bits per heavy atom. The van der Waals surface area contributed by atoms with Gasteiger partial charge in [0.25, 0.3) is 0 Å². The number of carbonyl (C=O) groups excluding carboxylic acids is 1. The summed E-state index contributed by atoms with van der Waals surface area (Å²) in [5.41, 5.74) is 0. The number of likely N-dealkylation sites (N-methyl/N-ethyl adjacent to an activating group) is 1. The minimum Gasteiger partial charge on any atom is -0.396 e. The van der Waals surface area contributed by atoms with E-state index in [9.17, 15) is 4.79 Å². The summed E-state index contributed by atoms with van der Waals surface area (Å²) in [7, 11) is 1.96. The Hall–Kier alpha value is -0.610.